The van der Waals surface area contributed by atoms with Crippen LogP contribution in [0.3, 0.4) is 0 Å². The van der Waals surface area contributed by atoms with Crippen LogP contribution < -0.4 is 5.32 Å². The van der Waals surface area contributed by atoms with Gasteiger partial charge >= 0.3 is 6.03 Å². The third-order valence-corrected chi connectivity index (χ3v) is 6.24. The van der Waals surface area contributed by atoms with Crippen LogP contribution in [-0.4, -0.2) is 46.0 Å². The SMILES string of the molecule is O=C1Nc2ccc(Br)cc2C(O)(C(=O)N2CC=CCC2)N1C1CCCCC1. The number of hydrogen-bond donors (Lipinski definition) is 2. The maximum atomic E-state index is 13.6. The van der Waals surface area contributed by atoms with Gasteiger partial charge in [0, 0.05) is 29.2 Å². The van der Waals surface area contributed by atoms with Gasteiger partial charge in [0.25, 0.3) is 11.6 Å². The van der Waals surface area contributed by atoms with E-state index in [-0.39, 0.29) is 6.04 Å². The fourth-order valence-corrected chi connectivity index (χ4v) is 4.76. The molecule has 27 heavy (non-hydrogen) atoms. The Morgan fingerprint density at radius 1 is 1.22 bits per heavy atom. The first-order valence-electron chi connectivity index (χ1n) is 9.59. The predicted octanol–water partition coefficient (Wildman–Crippen LogP) is 3.56. The lowest BCUT2D eigenvalue weighted by atomic mass is 9.88. The quantitative estimate of drug-likeness (QED) is 0.700. The van der Waals surface area contributed by atoms with E-state index >= 15 is 0 Å². The molecule has 1 unspecified atom stereocenters. The Morgan fingerprint density at radius 2 is 2.00 bits per heavy atom. The topological polar surface area (TPSA) is 72.9 Å². The zero-order valence-electron chi connectivity index (χ0n) is 15.2. The smallest absolute Gasteiger partial charge is 0.325 e. The van der Waals surface area contributed by atoms with Crippen LogP contribution in [0.25, 0.3) is 0 Å². The molecule has 1 aromatic rings. The molecular weight excluding hydrogens is 410 g/mol. The number of carbonyl (C=O) groups is 2. The van der Waals surface area contributed by atoms with E-state index in [0.29, 0.717) is 24.3 Å². The molecule has 3 aliphatic rings. The summed E-state index contributed by atoms with van der Waals surface area (Å²) in [5.74, 6) is -0.424. The zero-order chi connectivity index (χ0) is 19.0. The second-order valence-electron chi connectivity index (χ2n) is 7.47. The Labute approximate surface area is 167 Å². The van der Waals surface area contributed by atoms with Gasteiger partial charge in [0.05, 0.1) is 5.69 Å². The minimum absolute atomic E-state index is 0.153. The summed E-state index contributed by atoms with van der Waals surface area (Å²) in [6, 6.07) is 4.70. The normalized spacial score (nSPS) is 25.9. The molecule has 0 bridgehead atoms. The Bertz CT molecular complexity index is 791. The lowest BCUT2D eigenvalue weighted by Gasteiger charge is -2.49. The first kappa shape index (κ1) is 18.5. The van der Waals surface area contributed by atoms with E-state index in [1.807, 2.05) is 12.2 Å². The highest BCUT2D eigenvalue weighted by Crippen LogP contribution is 2.42. The van der Waals surface area contributed by atoms with Crippen LogP contribution in [0.5, 0.6) is 0 Å². The number of nitrogens with one attached hydrogen (secondary N) is 1. The molecule has 4 rings (SSSR count). The van der Waals surface area contributed by atoms with Crippen molar-refractivity contribution in [1.29, 1.82) is 0 Å². The van der Waals surface area contributed by atoms with Crippen LogP contribution >= 0.6 is 15.9 Å². The van der Waals surface area contributed by atoms with Crippen LogP contribution in [0.4, 0.5) is 10.5 Å². The number of carbonyl (C=O) groups excluding carboxylic acids is 2. The van der Waals surface area contributed by atoms with Crippen LogP contribution in [0.2, 0.25) is 0 Å². The Hall–Kier alpha value is -1.86. The minimum Gasteiger partial charge on any atom is -0.359 e. The second kappa shape index (κ2) is 7.28. The molecule has 0 aromatic heterocycles. The third-order valence-electron chi connectivity index (χ3n) is 5.75. The highest BCUT2D eigenvalue weighted by atomic mass is 79.9. The highest BCUT2D eigenvalue weighted by Gasteiger charge is 2.55. The van der Waals surface area contributed by atoms with E-state index in [9.17, 15) is 14.7 Å². The summed E-state index contributed by atoms with van der Waals surface area (Å²) in [4.78, 5) is 29.6. The van der Waals surface area contributed by atoms with Crippen molar-refractivity contribution in [3.05, 3.63) is 40.4 Å². The van der Waals surface area contributed by atoms with Crippen molar-refractivity contribution < 1.29 is 14.7 Å². The van der Waals surface area contributed by atoms with Gasteiger partial charge in [-0.25, -0.2) is 4.79 Å². The van der Waals surface area contributed by atoms with Crippen molar-refractivity contribution in [3.63, 3.8) is 0 Å². The molecule has 2 heterocycles. The summed E-state index contributed by atoms with van der Waals surface area (Å²) in [5, 5.41) is 14.7. The number of hydrogen-bond acceptors (Lipinski definition) is 3. The van der Waals surface area contributed by atoms with Gasteiger partial charge in [-0.1, -0.05) is 47.3 Å². The molecule has 6 nitrogen and oxygen atoms in total. The maximum Gasteiger partial charge on any atom is 0.325 e. The summed E-state index contributed by atoms with van der Waals surface area (Å²) < 4.78 is 0.755. The average molecular weight is 434 g/mol. The van der Waals surface area contributed by atoms with Gasteiger partial charge < -0.3 is 15.3 Å². The first-order chi connectivity index (χ1) is 13.0. The standard InChI is InChI=1S/C20H24BrN3O3/c21-14-9-10-17-16(13-14)20(27,18(25)23-11-5-2-6-12-23)24(19(26)22-17)15-7-3-1-4-8-15/h2,5,9-10,13,15,27H,1,3-4,6-8,11-12H2,(H,22,26). The molecule has 1 saturated carbocycles. The Kier molecular flexibility index (Phi) is 4.99. The molecule has 0 radical (unpaired) electrons. The lowest BCUT2D eigenvalue weighted by Crippen LogP contribution is -2.65. The van der Waals surface area contributed by atoms with Gasteiger partial charge in [-0.15, -0.1) is 0 Å². The number of halogens is 1. The third kappa shape index (κ3) is 3.17. The molecule has 1 fully saturated rings. The monoisotopic (exact) mass is 433 g/mol. The molecule has 144 valence electrons. The van der Waals surface area contributed by atoms with Crippen molar-refractivity contribution >= 4 is 33.6 Å². The van der Waals surface area contributed by atoms with Crippen LogP contribution in [-0.2, 0) is 10.5 Å². The van der Waals surface area contributed by atoms with Gasteiger partial charge in [0.2, 0.25) is 0 Å². The molecule has 2 aliphatic heterocycles. The molecule has 1 atom stereocenters. The summed E-state index contributed by atoms with van der Waals surface area (Å²) in [5.41, 5.74) is -1.07. The summed E-state index contributed by atoms with van der Waals surface area (Å²) in [7, 11) is 0. The van der Waals surface area contributed by atoms with Gasteiger partial charge in [-0.05, 0) is 37.5 Å². The lowest BCUT2D eigenvalue weighted by molar-refractivity contribution is -0.177. The predicted molar refractivity (Wildman–Crippen MR) is 106 cm³/mol. The highest BCUT2D eigenvalue weighted by molar-refractivity contribution is 9.10. The minimum atomic E-state index is -1.99. The fourth-order valence-electron chi connectivity index (χ4n) is 4.40. The molecule has 0 spiro atoms. The van der Waals surface area contributed by atoms with Gasteiger partial charge in [0.1, 0.15) is 0 Å². The van der Waals surface area contributed by atoms with Gasteiger partial charge in [-0.3, -0.25) is 9.69 Å². The van der Waals surface area contributed by atoms with Crippen molar-refractivity contribution in [2.24, 2.45) is 0 Å². The number of urea groups is 1. The molecule has 7 heteroatoms. The van der Waals surface area contributed by atoms with Crippen LogP contribution in [0, 0.1) is 0 Å². The molecule has 0 saturated heterocycles. The van der Waals surface area contributed by atoms with E-state index < -0.39 is 17.7 Å². The van der Waals surface area contributed by atoms with Gasteiger partial charge in [0.15, 0.2) is 0 Å². The van der Waals surface area contributed by atoms with Crippen LogP contribution in [0.1, 0.15) is 44.1 Å². The van der Waals surface area contributed by atoms with Crippen molar-refractivity contribution in [2.45, 2.75) is 50.3 Å². The Balaban J connectivity index is 1.82. The number of rotatable bonds is 2. The van der Waals surface area contributed by atoms with E-state index in [0.717, 1.165) is 43.0 Å². The van der Waals surface area contributed by atoms with E-state index in [1.165, 1.54) is 4.90 Å². The zero-order valence-corrected chi connectivity index (χ0v) is 16.7. The maximum absolute atomic E-state index is 13.6. The number of benzene rings is 1. The van der Waals surface area contributed by atoms with E-state index in [4.69, 9.17) is 0 Å². The van der Waals surface area contributed by atoms with E-state index in [1.54, 1.807) is 23.1 Å². The summed E-state index contributed by atoms with van der Waals surface area (Å²) in [6.07, 6.45) is 9.43. The number of amides is 3. The molecule has 2 N–H and O–H groups in total. The molecule has 1 aromatic carbocycles. The molecule has 3 amide bonds. The largest absolute Gasteiger partial charge is 0.359 e. The Morgan fingerprint density at radius 3 is 2.70 bits per heavy atom. The molecule has 1 aliphatic carbocycles. The first-order valence-corrected chi connectivity index (χ1v) is 10.4. The number of anilines is 1. The number of aliphatic hydroxyl groups is 1. The van der Waals surface area contributed by atoms with Crippen molar-refractivity contribution in [2.75, 3.05) is 18.4 Å². The van der Waals surface area contributed by atoms with E-state index in [2.05, 4.69) is 21.2 Å². The molecular formula is C20H24BrN3O3. The average Bonchev–Trinajstić information content (AvgIpc) is 2.69. The van der Waals surface area contributed by atoms with Gasteiger partial charge in [-0.2, -0.15) is 0 Å². The van der Waals surface area contributed by atoms with Crippen molar-refractivity contribution in [3.8, 4) is 0 Å². The fraction of sp³-hybridized carbons (Fsp3) is 0.500. The summed E-state index contributed by atoms with van der Waals surface area (Å²) in [6.45, 7) is 0.992. The van der Waals surface area contributed by atoms with Crippen LogP contribution in [0.15, 0.2) is 34.8 Å². The number of fused-ring (bicyclic) bond motifs is 1. The number of nitrogens with zero attached hydrogens (tertiary/aromatic N) is 2. The van der Waals surface area contributed by atoms with Crippen molar-refractivity contribution in [1.82, 2.24) is 9.80 Å². The summed E-state index contributed by atoms with van der Waals surface area (Å²) >= 11 is 3.44. The second-order valence-corrected chi connectivity index (χ2v) is 8.38.